The lowest BCUT2D eigenvalue weighted by Gasteiger charge is -2.16. The van der Waals surface area contributed by atoms with Gasteiger partial charge in [-0.2, -0.15) is 0 Å². The first-order valence-electron chi connectivity index (χ1n) is 7.10. The highest BCUT2D eigenvalue weighted by Crippen LogP contribution is 2.21. The van der Waals surface area contributed by atoms with Gasteiger partial charge >= 0.3 is 0 Å². The molecule has 7 heteroatoms. The summed E-state index contributed by atoms with van der Waals surface area (Å²) in [5.41, 5.74) is 4.47. The molecule has 2 aromatic heterocycles. The van der Waals surface area contributed by atoms with Crippen molar-refractivity contribution in [2.45, 2.75) is 17.8 Å². The number of anilines is 1. The van der Waals surface area contributed by atoms with Crippen molar-refractivity contribution in [3.05, 3.63) is 46.7 Å². The zero-order valence-electron chi connectivity index (χ0n) is 13.1. The van der Waals surface area contributed by atoms with Gasteiger partial charge in [-0.3, -0.25) is 9.19 Å². The number of hydrogen-bond acceptors (Lipinski definition) is 4. The number of fused-ring (bicyclic) bond motifs is 1. The van der Waals surface area contributed by atoms with Gasteiger partial charge in [0.25, 0.3) is 0 Å². The third-order valence-electron chi connectivity index (χ3n) is 3.53. The van der Waals surface area contributed by atoms with E-state index in [0.29, 0.717) is 15.9 Å². The molecule has 120 valence electrons. The lowest BCUT2D eigenvalue weighted by atomic mass is 10.2. The van der Waals surface area contributed by atoms with E-state index in [1.807, 2.05) is 38.1 Å². The number of nitrogens with one attached hydrogen (secondary N) is 1. The molecule has 0 aliphatic rings. The minimum atomic E-state index is -1.29. The van der Waals surface area contributed by atoms with E-state index in [0.717, 1.165) is 28.0 Å². The zero-order chi connectivity index (χ0) is 16.6. The average molecular weight is 349 g/mol. The number of halogens is 1. The van der Waals surface area contributed by atoms with Gasteiger partial charge < -0.3 is 9.88 Å². The van der Waals surface area contributed by atoms with Gasteiger partial charge in [0.1, 0.15) is 0 Å². The standard InChI is InChI=1S/C16H17ClN4OS/c1-10-8-18-12(7-15(10)21(2)3)9-23(22)16-19-13-5-4-11(17)6-14(13)20-16/h4-8H,9H2,1-3H3,(H,19,20). The summed E-state index contributed by atoms with van der Waals surface area (Å²) in [6, 6.07) is 7.32. The van der Waals surface area contributed by atoms with Crippen molar-refractivity contribution < 1.29 is 4.21 Å². The van der Waals surface area contributed by atoms with Crippen LogP contribution in [0.5, 0.6) is 0 Å². The molecule has 0 fully saturated rings. The zero-order valence-corrected chi connectivity index (χ0v) is 14.7. The predicted octanol–water partition coefficient (Wildman–Crippen LogP) is 3.29. The van der Waals surface area contributed by atoms with E-state index in [-0.39, 0.29) is 0 Å². The van der Waals surface area contributed by atoms with Crippen LogP contribution in [-0.4, -0.2) is 33.3 Å². The molecule has 1 atom stereocenters. The normalized spacial score (nSPS) is 12.5. The molecule has 3 aromatic rings. The Bertz CT molecular complexity index is 891. The van der Waals surface area contributed by atoms with Crippen molar-refractivity contribution in [3.8, 4) is 0 Å². The second-order valence-corrected chi connectivity index (χ2v) is 7.35. The number of nitrogens with zero attached hydrogens (tertiary/aromatic N) is 3. The maximum absolute atomic E-state index is 12.6. The van der Waals surface area contributed by atoms with Crippen LogP contribution in [0.3, 0.4) is 0 Å². The summed E-state index contributed by atoms with van der Waals surface area (Å²) in [7, 11) is 2.66. The maximum Gasteiger partial charge on any atom is 0.197 e. The Balaban J connectivity index is 1.87. The topological polar surface area (TPSA) is 61.9 Å². The molecule has 5 nitrogen and oxygen atoms in total. The summed E-state index contributed by atoms with van der Waals surface area (Å²) in [5, 5.41) is 1.06. The SMILES string of the molecule is Cc1cnc(CS(=O)c2nc3ccc(Cl)cc3[nH]2)cc1N(C)C. The molecule has 3 rings (SSSR count). The molecule has 2 heterocycles. The number of pyridine rings is 1. The van der Waals surface area contributed by atoms with Crippen LogP contribution in [0.15, 0.2) is 35.6 Å². The van der Waals surface area contributed by atoms with Crippen LogP contribution in [0.2, 0.25) is 5.02 Å². The molecule has 0 amide bonds. The minimum absolute atomic E-state index is 0.314. The van der Waals surface area contributed by atoms with Crippen molar-refractivity contribution >= 4 is 39.1 Å². The number of hydrogen-bond donors (Lipinski definition) is 1. The van der Waals surface area contributed by atoms with E-state index in [2.05, 4.69) is 15.0 Å². The summed E-state index contributed by atoms with van der Waals surface area (Å²) in [5.74, 6) is 0.314. The summed E-state index contributed by atoms with van der Waals surface area (Å²) in [4.78, 5) is 13.8. The largest absolute Gasteiger partial charge is 0.377 e. The molecule has 0 spiro atoms. The minimum Gasteiger partial charge on any atom is -0.377 e. The van der Waals surface area contributed by atoms with Crippen molar-refractivity contribution in [3.63, 3.8) is 0 Å². The Labute approximate surface area is 142 Å². The van der Waals surface area contributed by atoms with Gasteiger partial charge in [-0.15, -0.1) is 0 Å². The number of aromatic amines is 1. The molecular weight excluding hydrogens is 332 g/mol. The Kier molecular flexibility index (Phi) is 4.37. The first-order valence-corrected chi connectivity index (χ1v) is 8.80. The molecular formula is C16H17ClN4OS. The second kappa shape index (κ2) is 6.29. The van der Waals surface area contributed by atoms with Gasteiger partial charge in [-0.1, -0.05) is 11.6 Å². The Morgan fingerprint density at radius 1 is 1.30 bits per heavy atom. The lowest BCUT2D eigenvalue weighted by molar-refractivity contribution is 0.677. The fourth-order valence-electron chi connectivity index (χ4n) is 2.38. The second-order valence-electron chi connectivity index (χ2n) is 5.55. The van der Waals surface area contributed by atoms with Crippen molar-refractivity contribution in [2.75, 3.05) is 19.0 Å². The number of imidazole rings is 1. The van der Waals surface area contributed by atoms with Gasteiger partial charge in [0.05, 0.1) is 33.3 Å². The molecule has 1 aromatic carbocycles. The Hall–Kier alpha value is -1.92. The number of H-pyrrole nitrogens is 1. The van der Waals surface area contributed by atoms with Gasteiger partial charge in [-0.05, 0) is 36.8 Å². The van der Waals surface area contributed by atoms with E-state index < -0.39 is 10.8 Å². The van der Waals surface area contributed by atoms with Crippen LogP contribution in [-0.2, 0) is 16.6 Å². The van der Waals surface area contributed by atoms with E-state index in [9.17, 15) is 4.21 Å². The summed E-state index contributed by atoms with van der Waals surface area (Å²) in [6.45, 7) is 2.01. The van der Waals surface area contributed by atoms with Crippen molar-refractivity contribution in [2.24, 2.45) is 0 Å². The highest BCUT2D eigenvalue weighted by atomic mass is 35.5. The van der Waals surface area contributed by atoms with Crippen molar-refractivity contribution in [1.82, 2.24) is 15.0 Å². The summed E-state index contributed by atoms with van der Waals surface area (Å²) in [6.07, 6.45) is 1.81. The van der Waals surface area contributed by atoms with Crippen LogP contribution < -0.4 is 4.90 Å². The number of rotatable bonds is 4. The Morgan fingerprint density at radius 3 is 2.83 bits per heavy atom. The van der Waals surface area contributed by atoms with Gasteiger partial charge in [0, 0.05) is 31.0 Å². The lowest BCUT2D eigenvalue weighted by Crippen LogP contribution is -2.12. The van der Waals surface area contributed by atoms with Crippen LogP contribution in [0, 0.1) is 6.92 Å². The Morgan fingerprint density at radius 2 is 2.09 bits per heavy atom. The number of benzene rings is 1. The van der Waals surface area contributed by atoms with Crippen LogP contribution >= 0.6 is 11.6 Å². The molecule has 0 bridgehead atoms. The predicted molar refractivity (Wildman–Crippen MR) is 94.5 cm³/mol. The summed E-state index contributed by atoms with van der Waals surface area (Å²) < 4.78 is 12.6. The van der Waals surface area contributed by atoms with Crippen molar-refractivity contribution in [1.29, 1.82) is 0 Å². The fraction of sp³-hybridized carbons (Fsp3) is 0.250. The highest BCUT2D eigenvalue weighted by molar-refractivity contribution is 7.84. The third-order valence-corrected chi connectivity index (χ3v) is 4.95. The van der Waals surface area contributed by atoms with Crippen LogP contribution in [0.25, 0.3) is 11.0 Å². The van der Waals surface area contributed by atoms with Gasteiger partial charge in [0.2, 0.25) is 0 Å². The molecule has 0 aliphatic carbocycles. The quantitative estimate of drug-likeness (QED) is 0.785. The smallest absolute Gasteiger partial charge is 0.197 e. The molecule has 1 unspecified atom stereocenters. The maximum atomic E-state index is 12.6. The average Bonchev–Trinajstić information content (AvgIpc) is 2.92. The molecule has 0 saturated heterocycles. The molecule has 23 heavy (non-hydrogen) atoms. The van der Waals surface area contributed by atoms with Gasteiger partial charge in [0.15, 0.2) is 5.16 Å². The first kappa shape index (κ1) is 16.0. The van der Waals surface area contributed by atoms with E-state index in [4.69, 9.17) is 11.6 Å². The monoisotopic (exact) mass is 348 g/mol. The highest BCUT2D eigenvalue weighted by Gasteiger charge is 2.13. The molecule has 1 N–H and O–H groups in total. The molecule has 0 radical (unpaired) electrons. The fourth-order valence-corrected chi connectivity index (χ4v) is 3.54. The number of aryl methyl sites for hydroxylation is 1. The summed E-state index contributed by atoms with van der Waals surface area (Å²) >= 11 is 5.96. The third kappa shape index (κ3) is 3.38. The van der Waals surface area contributed by atoms with E-state index in [1.54, 1.807) is 18.3 Å². The van der Waals surface area contributed by atoms with Crippen LogP contribution in [0.4, 0.5) is 5.69 Å². The van der Waals surface area contributed by atoms with Crippen LogP contribution in [0.1, 0.15) is 11.3 Å². The first-order chi connectivity index (χ1) is 10.9. The van der Waals surface area contributed by atoms with Gasteiger partial charge in [-0.25, -0.2) is 4.98 Å². The van der Waals surface area contributed by atoms with E-state index in [1.165, 1.54) is 0 Å². The number of aromatic nitrogens is 3. The van der Waals surface area contributed by atoms with E-state index >= 15 is 0 Å². The molecule has 0 saturated carbocycles. The molecule has 0 aliphatic heterocycles.